The summed E-state index contributed by atoms with van der Waals surface area (Å²) in [4.78, 5) is 27.8. The van der Waals surface area contributed by atoms with Gasteiger partial charge in [0.25, 0.3) is 0 Å². The van der Waals surface area contributed by atoms with Gasteiger partial charge in [-0.1, -0.05) is 6.92 Å². The van der Waals surface area contributed by atoms with Crippen LogP contribution in [0.25, 0.3) is 0 Å². The SMILES string of the molecule is CC1COC2C(OC(=O)c3ccc(C(=O)O[NH3+])cc3)COC12. The van der Waals surface area contributed by atoms with E-state index in [-0.39, 0.29) is 12.2 Å². The molecule has 2 aliphatic heterocycles. The molecule has 22 heavy (non-hydrogen) atoms. The number of carbonyl (C=O) groups is 2. The van der Waals surface area contributed by atoms with E-state index in [1.165, 1.54) is 24.3 Å². The van der Waals surface area contributed by atoms with Crippen LogP contribution in [0.15, 0.2) is 24.3 Å². The second-order valence-electron chi connectivity index (χ2n) is 5.53. The molecule has 0 aliphatic carbocycles. The first-order valence-corrected chi connectivity index (χ1v) is 7.10. The molecule has 3 N–H and O–H groups in total. The Bertz CT molecular complexity index is 572. The van der Waals surface area contributed by atoms with Crippen molar-refractivity contribution in [3.8, 4) is 0 Å². The molecule has 0 amide bonds. The molecular weight excluding hydrogens is 290 g/mol. The Morgan fingerprint density at radius 2 is 1.64 bits per heavy atom. The van der Waals surface area contributed by atoms with Crippen molar-refractivity contribution >= 4 is 11.9 Å². The van der Waals surface area contributed by atoms with Crippen molar-refractivity contribution < 1.29 is 34.5 Å². The zero-order valence-corrected chi connectivity index (χ0v) is 12.2. The van der Waals surface area contributed by atoms with Gasteiger partial charge < -0.3 is 14.2 Å². The number of quaternary nitrogens is 1. The van der Waals surface area contributed by atoms with Gasteiger partial charge in [-0.25, -0.2) is 9.59 Å². The predicted molar refractivity (Wildman–Crippen MR) is 72.6 cm³/mol. The van der Waals surface area contributed by atoms with Gasteiger partial charge in [-0.15, -0.1) is 0 Å². The fourth-order valence-electron chi connectivity index (χ4n) is 2.79. The number of ether oxygens (including phenoxy) is 3. The summed E-state index contributed by atoms with van der Waals surface area (Å²) in [5.41, 5.74) is 0.680. The summed E-state index contributed by atoms with van der Waals surface area (Å²) in [7, 11) is 0. The number of fused-ring (bicyclic) bond motifs is 1. The highest BCUT2D eigenvalue weighted by Crippen LogP contribution is 2.32. The Balaban J connectivity index is 1.64. The fourth-order valence-corrected chi connectivity index (χ4v) is 2.79. The molecule has 0 bridgehead atoms. The molecule has 7 nitrogen and oxygen atoms in total. The number of esters is 1. The van der Waals surface area contributed by atoms with Crippen LogP contribution in [0.3, 0.4) is 0 Å². The maximum absolute atomic E-state index is 12.2. The van der Waals surface area contributed by atoms with E-state index in [9.17, 15) is 9.59 Å². The molecule has 1 aromatic carbocycles. The maximum atomic E-state index is 12.2. The topological polar surface area (TPSA) is 98.7 Å². The number of benzene rings is 1. The molecule has 4 unspecified atom stereocenters. The molecule has 0 radical (unpaired) electrons. The molecule has 2 fully saturated rings. The van der Waals surface area contributed by atoms with E-state index < -0.39 is 18.0 Å². The van der Waals surface area contributed by atoms with Crippen LogP contribution in [-0.4, -0.2) is 43.5 Å². The van der Waals surface area contributed by atoms with Gasteiger partial charge in [-0.2, -0.15) is 5.90 Å². The smallest absolute Gasteiger partial charge is 0.397 e. The minimum atomic E-state index is -0.555. The van der Waals surface area contributed by atoms with Crippen molar-refractivity contribution in [2.24, 2.45) is 5.92 Å². The Hall–Kier alpha value is -1.96. The second kappa shape index (κ2) is 6.04. The first-order chi connectivity index (χ1) is 10.6. The third-order valence-electron chi connectivity index (χ3n) is 4.00. The van der Waals surface area contributed by atoms with Crippen molar-refractivity contribution in [1.29, 1.82) is 0 Å². The third-order valence-corrected chi connectivity index (χ3v) is 4.00. The van der Waals surface area contributed by atoms with Gasteiger partial charge in [-0.05, 0) is 24.3 Å². The minimum absolute atomic E-state index is 0.00741. The summed E-state index contributed by atoms with van der Waals surface area (Å²) in [6, 6.07) is 6.01. The van der Waals surface area contributed by atoms with Crippen molar-refractivity contribution in [2.75, 3.05) is 13.2 Å². The lowest BCUT2D eigenvalue weighted by molar-refractivity contribution is -0.653. The van der Waals surface area contributed by atoms with Gasteiger partial charge in [0, 0.05) is 5.92 Å². The molecule has 0 aromatic heterocycles. The van der Waals surface area contributed by atoms with Gasteiger partial charge in [-0.3, -0.25) is 4.84 Å². The molecule has 1 aromatic rings. The Morgan fingerprint density at radius 1 is 1.05 bits per heavy atom. The Morgan fingerprint density at radius 3 is 2.27 bits per heavy atom. The van der Waals surface area contributed by atoms with E-state index >= 15 is 0 Å². The van der Waals surface area contributed by atoms with E-state index in [4.69, 9.17) is 14.2 Å². The zero-order chi connectivity index (χ0) is 15.7. The van der Waals surface area contributed by atoms with E-state index in [1.54, 1.807) is 0 Å². The molecule has 2 saturated heterocycles. The number of rotatable bonds is 3. The quantitative estimate of drug-likeness (QED) is 0.621. The summed E-state index contributed by atoms with van der Waals surface area (Å²) < 4.78 is 16.7. The van der Waals surface area contributed by atoms with Crippen LogP contribution in [0.1, 0.15) is 27.6 Å². The minimum Gasteiger partial charge on any atom is -0.453 e. The van der Waals surface area contributed by atoms with E-state index in [1.807, 2.05) is 0 Å². The van der Waals surface area contributed by atoms with Crippen LogP contribution in [0.5, 0.6) is 0 Å². The molecule has 118 valence electrons. The summed E-state index contributed by atoms with van der Waals surface area (Å²) in [5.74, 6) is 2.34. The van der Waals surface area contributed by atoms with Gasteiger partial charge in [0.1, 0.15) is 6.10 Å². The maximum Gasteiger partial charge on any atom is 0.397 e. The molecule has 4 atom stereocenters. The Labute approximate surface area is 127 Å². The molecule has 3 rings (SSSR count). The summed E-state index contributed by atoms with van der Waals surface area (Å²) in [5, 5.41) is 0. The fraction of sp³-hybridized carbons (Fsp3) is 0.467. The van der Waals surface area contributed by atoms with Gasteiger partial charge >= 0.3 is 11.9 Å². The summed E-state index contributed by atoms with van der Waals surface area (Å²) >= 11 is 0. The zero-order valence-electron chi connectivity index (χ0n) is 12.2. The molecule has 2 aliphatic rings. The Kier molecular flexibility index (Phi) is 4.10. The largest absolute Gasteiger partial charge is 0.453 e. The second-order valence-corrected chi connectivity index (χ2v) is 5.53. The van der Waals surface area contributed by atoms with Gasteiger partial charge in [0.15, 0.2) is 6.10 Å². The monoisotopic (exact) mass is 308 g/mol. The number of hydrogen-bond acceptors (Lipinski definition) is 6. The lowest BCUT2D eigenvalue weighted by Crippen LogP contribution is -2.51. The van der Waals surface area contributed by atoms with Crippen LogP contribution in [0, 0.1) is 5.92 Å². The van der Waals surface area contributed by atoms with Crippen LogP contribution in [-0.2, 0) is 19.0 Å². The normalized spacial score (nSPS) is 29.9. The third kappa shape index (κ3) is 2.70. The lowest BCUT2D eigenvalue weighted by Gasteiger charge is -2.16. The average molecular weight is 308 g/mol. The summed E-state index contributed by atoms with van der Waals surface area (Å²) in [6.07, 6.45) is -0.599. The average Bonchev–Trinajstić information content (AvgIpc) is 3.11. The van der Waals surface area contributed by atoms with E-state index in [2.05, 4.69) is 17.7 Å². The predicted octanol–water partition coefficient (Wildman–Crippen LogP) is -0.0406. The number of hydrogen-bond donors (Lipinski definition) is 1. The highest BCUT2D eigenvalue weighted by molar-refractivity contribution is 5.93. The van der Waals surface area contributed by atoms with Crippen LogP contribution < -0.4 is 5.90 Å². The van der Waals surface area contributed by atoms with Crippen LogP contribution in [0.4, 0.5) is 0 Å². The number of carbonyl (C=O) groups excluding carboxylic acids is 2. The molecule has 0 spiro atoms. The van der Waals surface area contributed by atoms with Gasteiger partial charge in [0.05, 0.1) is 30.4 Å². The van der Waals surface area contributed by atoms with Crippen molar-refractivity contribution in [1.82, 2.24) is 0 Å². The highest BCUT2D eigenvalue weighted by atomic mass is 16.7. The summed E-state index contributed by atoms with van der Waals surface area (Å²) in [6.45, 7) is 3.01. The van der Waals surface area contributed by atoms with Crippen molar-refractivity contribution in [3.05, 3.63) is 35.4 Å². The highest BCUT2D eigenvalue weighted by Gasteiger charge is 2.47. The van der Waals surface area contributed by atoms with Crippen LogP contribution >= 0.6 is 0 Å². The van der Waals surface area contributed by atoms with Crippen molar-refractivity contribution in [2.45, 2.75) is 25.2 Å². The first-order valence-electron chi connectivity index (χ1n) is 7.10. The van der Waals surface area contributed by atoms with E-state index in [0.717, 1.165) is 0 Å². The van der Waals surface area contributed by atoms with Crippen LogP contribution in [0.2, 0.25) is 0 Å². The molecule has 7 heteroatoms. The van der Waals surface area contributed by atoms with E-state index in [0.29, 0.717) is 30.3 Å². The van der Waals surface area contributed by atoms with Crippen molar-refractivity contribution in [3.63, 3.8) is 0 Å². The molecule has 0 saturated carbocycles. The molecule has 2 heterocycles. The molecular formula is C15H18NO6+. The lowest BCUT2D eigenvalue weighted by atomic mass is 10.0. The van der Waals surface area contributed by atoms with Gasteiger partial charge in [0.2, 0.25) is 0 Å². The first kappa shape index (κ1) is 15.0. The standard InChI is InChI=1S/C15H18NO6/c1-8-6-19-13-11(7-20-12(8)13)21-14(17)9-2-4-10(5-3-9)15(18)22-16/h2-5,8,11-13H,6-7H2,1,16H3/q+1.